The van der Waals surface area contributed by atoms with Crippen molar-refractivity contribution in [1.82, 2.24) is 14.6 Å². The fraction of sp³-hybridized carbons (Fsp3) is 0.250. The van der Waals surface area contributed by atoms with E-state index in [1.807, 2.05) is 0 Å². The maximum absolute atomic E-state index is 12.9. The van der Waals surface area contributed by atoms with Crippen LogP contribution in [0.15, 0.2) is 23.3 Å². The summed E-state index contributed by atoms with van der Waals surface area (Å²) >= 11 is 0. The van der Waals surface area contributed by atoms with Crippen molar-refractivity contribution < 1.29 is 22.0 Å². The number of aromatic amines is 1. The van der Waals surface area contributed by atoms with Crippen LogP contribution in [0, 0.1) is 0 Å². The summed E-state index contributed by atoms with van der Waals surface area (Å²) in [5.74, 6) is -5.09. The molecule has 0 atom stereocenters. The van der Waals surface area contributed by atoms with Crippen LogP contribution in [0.2, 0.25) is 0 Å². The number of alkyl halides is 5. The molecule has 2 aromatic heterocycles. The van der Waals surface area contributed by atoms with Crippen LogP contribution >= 0.6 is 0 Å². The summed E-state index contributed by atoms with van der Waals surface area (Å²) in [6.07, 6.45) is -3.61. The molecule has 92 valence electrons. The van der Waals surface area contributed by atoms with E-state index in [4.69, 9.17) is 0 Å². The number of H-pyrrole nitrogens is 1. The second kappa shape index (κ2) is 3.28. The fourth-order valence-corrected chi connectivity index (χ4v) is 1.23. The van der Waals surface area contributed by atoms with Gasteiger partial charge in [-0.1, -0.05) is 0 Å². The van der Waals surface area contributed by atoms with Crippen molar-refractivity contribution in [2.24, 2.45) is 0 Å². The minimum absolute atomic E-state index is 0.383. The first kappa shape index (κ1) is 11.6. The predicted molar refractivity (Wildman–Crippen MR) is 45.8 cm³/mol. The number of halogens is 5. The highest BCUT2D eigenvalue weighted by molar-refractivity contribution is 5.45. The quantitative estimate of drug-likeness (QED) is 0.786. The lowest BCUT2D eigenvalue weighted by Crippen LogP contribution is -2.34. The van der Waals surface area contributed by atoms with E-state index in [2.05, 4.69) is 10.1 Å². The van der Waals surface area contributed by atoms with Gasteiger partial charge in [0, 0.05) is 12.4 Å². The molecule has 0 saturated carbocycles. The Balaban J connectivity index is 2.66. The molecule has 0 aliphatic heterocycles. The summed E-state index contributed by atoms with van der Waals surface area (Å²) < 4.78 is 62.7. The van der Waals surface area contributed by atoms with Crippen LogP contribution in [0.25, 0.3) is 5.52 Å². The second-order valence-electron chi connectivity index (χ2n) is 3.22. The van der Waals surface area contributed by atoms with Gasteiger partial charge in [-0.05, 0) is 6.07 Å². The second-order valence-corrected chi connectivity index (χ2v) is 3.22. The van der Waals surface area contributed by atoms with E-state index < -0.39 is 23.4 Å². The maximum atomic E-state index is 12.9. The van der Waals surface area contributed by atoms with Gasteiger partial charge in [0.05, 0.1) is 0 Å². The van der Waals surface area contributed by atoms with Gasteiger partial charge in [0.25, 0.3) is 5.56 Å². The molecule has 0 aliphatic carbocycles. The lowest BCUT2D eigenvalue weighted by Gasteiger charge is -2.16. The van der Waals surface area contributed by atoms with Crippen molar-refractivity contribution in [1.29, 1.82) is 0 Å². The minimum Gasteiger partial charge on any atom is -0.326 e. The van der Waals surface area contributed by atoms with Crippen molar-refractivity contribution in [3.8, 4) is 0 Å². The summed E-state index contributed by atoms with van der Waals surface area (Å²) in [5, 5.41) is 3.04. The lowest BCUT2D eigenvalue weighted by molar-refractivity contribution is -0.291. The highest BCUT2D eigenvalue weighted by Crippen LogP contribution is 2.43. The smallest absolute Gasteiger partial charge is 0.326 e. The summed E-state index contributed by atoms with van der Waals surface area (Å²) in [6.45, 7) is 0. The third-order valence-electron chi connectivity index (χ3n) is 2.08. The average Bonchev–Trinajstić information content (AvgIpc) is 2.61. The zero-order valence-electron chi connectivity index (χ0n) is 7.92. The first-order chi connectivity index (χ1) is 7.73. The standard InChI is InChI=1S/C8H4F5N3O/c9-7(10,8(11,12)13)5-3-4-6(17)14-1-2-16(4)15-5/h1-3H,(H,14,17). The minimum atomic E-state index is -5.75. The molecule has 2 aromatic rings. The molecule has 0 radical (unpaired) electrons. The Morgan fingerprint density at radius 3 is 2.41 bits per heavy atom. The molecule has 0 amide bonds. The van der Waals surface area contributed by atoms with Crippen LogP contribution in [0.3, 0.4) is 0 Å². The maximum Gasteiger partial charge on any atom is 0.459 e. The summed E-state index contributed by atoms with van der Waals surface area (Å²) in [5.41, 5.74) is -2.70. The SMILES string of the molecule is O=c1[nH]ccn2nc(C(F)(F)C(F)(F)F)cc12. The van der Waals surface area contributed by atoms with Gasteiger partial charge in [0.2, 0.25) is 0 Å². The summed E-state index contributed by atoms with van der Waals surface area (Å²) in [4.78, 5) is 13.3. The average molecular weight is 253 g/mol. The molecule has 17 heavy (non-hydrogen) atoms. The van der Waals surface area contributed by atoms with Crippen molar-refractivity contribution in [2.75, 3.05) is 0 Å². The number of aromatic nitrogens is 3. The molecule has 0 fully saturated rings. The number of fused-ring (bicyclic) bond motifs is 1. The monoisotopic (exact) mass is 253 g/mol. The van der Waals surface area contributed by atoms with Crippen LogP contribution < -0.4 is 5.56 Å². The van der Waals surface area contributed by atoms with E-state index in [9.17, 15) is 26.7 Å². The molecular weight excluding hydrogens is 249 g/mol. The van der Waals surface area contributed by atoms with Gasteiger partial charge in [-0.3, -0.25) is 4.79 Å². The van der Waals surface area contributed by atoms with Crippen LogP contribution in [0.5, 0.6) is 0 Å². The van der Waals surface area contributed by atoms with Crippen molar-refractivity contribution in [3.63, 3.8) is 0 Å². The molecule has 9 heteroatoms. The molecule has 4 nitrogen and oxygen atoms in total. The Morgan fingerprint density at radius 2 is 1.88 bits per heavy atom. The molecule has 0 unspecified atom stereocenters. The first-order valence-corrected chi connectivity index (χ1v) is 4.25. The van der Waals surface area contributed by atoms with E-state index in [0.717, 1.165) is 12.4 Å². The third kappa shape index (κ3) is 1.67. The zero-order chi connectivity index (χ0) is 12.8. The summed E-state index contributed by atoms with van der Waals surface area (Å²) in [7, 11) is 0. The Labute approximate surface area is 89.7 Å². The molecule has 2 rings (SSSR count). The lowest BCUT2D eigenvalue weighted by atomic mass is 10.2. The molecule has 1 N–H and O–H groups in total. The third-order valence-corrected chi connectivity index (χ3v) is 2.08. The van der Waals surface area contributed by atoms with Crippen LogP contribution in [-0.4, -0.2) is 20.8 Å². The van der Waals surface area contributed by atoms with Crippen molar-refractivity contribution >= 4 is 5.52 Å². The number of nitrogens with one attached hydrogen (secondary N) is 1. The number of rotatable bonds is 1. The van der Waals surface area contributed by atoms with Gasteiger partial charge < -0.3 is 4.98 Å². The molecule has 0 spiro atoms. The Morgan fingerprint density at radius 1 is 1.24 bits per heavy atom. The van der Waals surface area contributed by atoms with Crippen molar-refractivity contribution in [3.05, 3.63) is 34.5 Å². The molecule has 0 bridgehead atoms. The topological polar surface area (TPSA) is 50.2 Å². The Hall–Kier alpha value is -1.93. The van der Waals surface area contributed by atoms with Gasteiger partial charge in [-0.15, -0.1) is 0 Å². The molecule has 2 heterocycles. The normalized spacial score (nSPS) is 13.2. The van der Waals surface area contributed by atoms with Gasteiger partial charge in [-0.25, -0.2) is 4.52 Å². The van der Waals surface area contributed by atoms with E-state index in [-0.39, 0.29) is 5.52 Å². The van der Waals surface area contributed by atoms with E-state index >= 15 is 0 Å². The van der Waals surface area contributed by atoms with Gasteiger partial charge in [0.15, 0.2) is 0 Å². The van der Waals surface area contributed by atoms with Crippen LogP contribution in [-0.2, 0) is 5.92 Å². The van der Waals surface area contributed by atoms with E-state index in [1.165, 1.54) is 0 Å². The van der Waals surface area contributed by atoms with E-state index in [0.29, 0.717) is 10.6 Å². The van der Waals surface area contributed by atoms with Gasteiger partial charge in [0.1, 0.15) is 11.2 Å². The molecule has 0 saturated heterocycles. The molecular formula is C8H4F5N3O. The fourth-order valence-electron chi connectivity index (χ4n) is 1.23. The molecule has 0 aliphatic rings. The predicted octanol–water partition coefficient (Wildman–Crippen LogP) is 1.68. The number of hydrogen-bond acceptors (Lipinski definition) is 2. The zero-order valence-corrected chi connectivity index (χ0v) is 7.92. The first-order valence-electron chi connectivity index (χ1n) is 4.25. The van der Waals surface area contributed by atoms with Gasteiger partial charge >= 0.3 is 12.1 Å². The van der Waals surface area contributed by atoms with E-state index in [1.54, 1.807) is 0 Å². The Bertz CT molecular complexity index is 611. The van der Waals surface area contributed by atoms with Crippen molar-refractivity contribution in [2.45, 2.75) is 12.1 Å². The van der Waals surface area contributed by atoms with Crippen LogP contribution in [0.4, 0.5) is 22.0 Å². The van der Waals surface area contributed by atoms with Gasteiger partial charge in [-0.2, -0.15) is 27.1 Å². The number of hydrogen-bond donors (Lipinski definition) is 1. The highest BCUT2D eigenvalue weighted by Gasteiger charge is 2.60. The number of nitrogens with zero attached hydrogens (tertiary/aromatic N) is 2. The van der Waals surface area contributed by atoms with Crippen LogP contribution in [0.1, 0.15) is 5.69 Å². The summed E-state index contributed by atoms with van der Waals surface area (Å²) in [6, 6.07) is 0.409. The Kier molecular flexibility index (Phi) is 2.23. The highest BCUT2D eigenvalue weighted by atomic mass is 19.4. The molecule has 0 aromatic carbocycles. The largest absolute Gasteiger partial charge is 0.459 e.